The molecule has 0 radical (unpaired) electrons. The number of esters is 1. The second-order valence-electron chi connectivity index (χ2n) is 5.82. The van der Waals surface area contributed by atoms with E-state index >= 15 is 0 Å². The van der Waals surface area contributed by atoms with E-state index in [1.807, 2.05) is 0 Å². The minimum Gasteiger partial charge on any atom is -0.456 e. The number of rotatable bonds is 7. The summed E-state index contributed by atoms with van der Waals surface area (Å²) in [6.07, 6.45) is 0.820. The van der Waals surface area contributed by atoms with Crippen LogP contribution >= 0.6 is 23.2 Å². The van der Waals surface area contributed by atoms with E-state index < -0.39 is 42.4 Å². The van der Waals surface area contributed by atoms with Crippen molar-refractivity contribution in [1.29, 1.82) is 0 Å². The molecule has 0 spiro atoms. The summed E-state index contributed by atoms with van der Waals surface area (Å²) in [5.74, 6) is -1.86. The molecular formula is C17H18Cl2N2O5. The molecule has 0 saturated carbocycles. The molecule has 9 heteroatoms. The quantitative estimate of drug-likeness (QED) is 0.431. The van der Waals surface area contributed by atoms with E-state index in [0.29, 0.717) is 17.9 Å². The Hall–Kier alpha value is -2.12. The summed E-state index contributed by atoms with van der Waals surface area (Å²) < 4.78 is 4.88. The van der Waals surface area contributed by atoms with E-state index in [4.69, 9.17) is 27.9 Å². The molecule has 0 atom stereocenters. The van der Waals surface area contributed by atoms with E-state index in [1.54, 1.807) is 13.8 Å². The van der Waals surface area contributed by atoms with Gasteiger partial charge in [-0.25, -0.2) is 4.79 Å². The van der Waals surface area contributed by atoms with Crippen LogP contribution in [0.15, 0.2) is 18.2 Å². The summed E-state index contributed by atoms with van der Waals surface area (Å²) in [6, 6.07) is 3.67. The molecule has 2 rings (SSSR count). The number of carbonyl (C=O) groups excluding carboxylic acids is 4. The van der Waals surface area contributed by atoms with E-state index in [1.165, 1.54) is 18.2 Å². The van der Waals surface area contributed by atoms with Crippen molar-refractivity contribution in [1.82, 2.24) is 10.2 Å². The van der Waals surface area contributed by atoms with Crippen LogP contribution in [0.2, 0.25) is 10.0 Å². The van der Waals surface area contributed by atoms with Gasteiger partial charge in [-0.05, 0) is 31.0 Å². The maximum absolute atomic E-state index is 12.4. The molecule has 1 saturated heterocycles. The maximum Gasteiger partial charge on any atom is 0.326 e. The van der Waals surface area contributed by atoms with Gasteiger partial charge in [0.2, 0.25) is 5.78 Å². The van der Waals surface area contributed by atoms with Crippen molar-refractivity contribution in [3.63, 3.8) is 0 Å². The number of urea groups is 1. The largest absolute Gasteiger partial charge is 0.456 e. The zero-order valence-electron chi connectivity index (χ0n) is 14.3. The molecule has 3 amide bonds. The molecule has 1 heterocycles. The van der Waals surface area contributed by atoms with Crippen LogP contribution in [-0.4, -0.2) is 47.3 Å². The van der Waals surface area contributed by atoms with Gasteiger partial charge in [0.15, 0.2) is 6.61 Å². The average molecular weight is 401 g/mol. The Kier molecular flexibility index (Phi) is 6.26. The van der Waals surface area contributed by atoms with Crippen LogP contribution in [0.3, 0.4) is 0 Å². The monoisotopic (exact) mass is 400 g/mol. The highest BCUT2D eigenvalue weighted by molar-refractivity contribution is 6.36. The number of hydrogen-bond acceptors (Lipinski definition) is 5. The molecule has 1 aliphatic heterocycles. The number of hydrogen-bond donors (Lipinski definition) is 1. The van der Waals surface area contributed by atoms with Gasteiger partial charge in [-0.2, -0.15) is 0 Å². The first-order valence-corrected chi connectivity index (χ1v) is 8.77. The molecule has 140 valence electrons. The minimum absolute atomic E-state index is 0.142. The molecule has 26 heavy (non-hydrogen) atoms. The molecular weight excluding hydrogens is 383 g/mol. The van der Waals surface area contributed by atoms with Gasteiger partial charge in [0, 0.05) is 10.6 Å². The van der Waals surface area contributed by atoms with Crippen molar-refractivity contribution < 1.29 is 23.9 Å². The lowest BCUT2D eigenvalue weighted by Crippen LogP contribution is -2.46. The highest BCUT2D eigenvalue weighted by atomic mass is 35.5. The van der Waals surface area contributed by atoms with Crippen molar-refractivity contribution in [2.45, 2.75) is 32.2 Å². The summed E-state index contributed by atoms with van der Waals surface area (Å²) in [5.41, 5.74) is -0.834. The van der Waals surface area contributed by atoms with Crippen LogP contribution < -0.4 is 5.32 Å². The lowest BCUT2D eigenvalue weighted by Gasteiger charge is -2.22. The van der Waals surface area contributed by atoms with Gasteiger partial charge in [0.05, 0.1) is 5.02 Å². The van der Waals surface area contributed by atoms with Crippen LogP contribution in [0.25, 0.3) is 0 Å². The highest BCUT2D eigenvalue weighted by Crippen LogP contribution is 2.25. The van der Waals surface area contributed by atoms with Crippen molar-refractivity contribution in [2.24, 2.45) is 0 Å². The molecule has 1 aromatic rings. The SMILES string of the molecule is CCC1(CC)NC(=O)N(CC(=O)OCC(=O)c2ccc(Cl)cc2Cl)C1=O. The fraction of sp³-hybridized carbons (Fsp3) is 0.412. The lowest BCUT2D eigenvalue weighted by molar-refractivity contribution is -0.146. The molecule has 0 aromatic heterocycles. The molecule has 0 bridgehead atoms. The Morgan fingerprint density at radius 2 is 1.85 bits per heavy atom. The Bertz CT molecular complexity index is 762. The van der Waals surface area contributed by atoms with Crippen LogP contribution in [-0.2, 0) is 14.3 Å². The first-order chi connectivity index (χ1) is 12.2. The fourth-order valence-electron chi connectivity index (χ4n) is 2.66. The van der Waals surface area contributed by atoms with Crippen LogP contribution in [0.4, 0.5) is 4.79 Å². The van der Waals surface area contributed by atoms with E-state index in [-0.39, 0.29) is 10.6 Å². The third kappa shape index (κ3) is 3.99. The Morgan fingerprint density at radius 1 is 1.19 bits per heavy atom. The number of carbonyl (C=O) groups is 4. The number of imide groups is 1. The smallest absolute Gasteiger partial charge is 0.326 e. The second-order valence-corrected chi connectivity index (χ2v) is 6.66. The molecule has 1 N–H and O–H groups in total. The highest BCUT2D eigenvalue weighted by Gasteiger charge is 2.49. The first kappa shape index (κ1) is 20.2. The van der Waals surface area contributed by atoms with Crippen molar-refractivity contribution in [3.05, 3.63) is 33.8 Å². The zero-order valence-corrected chi connectivity index (χ0v) is 15.8. The van der Waals surface area contributed by atoms with Gasteiger partial charge in [-0.1, -0.05) is 37.0 Å². The number of ether oxygens (including phenoxy) is 1. The van der Waals surface area contributed by atoms with Gasteiger partial charge in [0.1, 0.15) is 12.1 Å². The zero-order chi connectivity index (χ0) is 19.5. The first-order valence-electron chi connectivity index (χ1n) is 8.02. The van der Waals surface area contributed by atoms with Gasteiger partial charge in [-0.15, -0.1) is 0 Å². The number of halogens is 2. The predicted octanol–water partition coefficient (Wildman–Crippen LogP) is 2.83. The predicted molar refractivity (Wildman–Crippen MR) is 95.3 cm³/mol. The van der Waals surface area contributed by atoms with Crippen LogP contribution in [0, 0.1) is 0 Å². The second kappa shape index (κ2) is 8.05. The number of benzene rings is 1. The Labute approximate surface area is 160 Å². The van der Waals surface area contributed by atoms with Crippen LogP contribution in [0.5, 0.6) is 0 Å². The third-order valence-electron chi connectivity index (χ3n) is 4.34. The normalized spacial score (nSPS) is 15.8. The van der Waals surface area contributed by atoms with E-state index in [2.05, 4.69) is 5.32 Å². The average Bonchev–Trinajstić information content (AvgIpc) is 2.84. The lowest BCUT2D eigenvalue weighted by atomic mass is 9.93. The van der Waals surface area contributed by atoms with Gasteiger partial charge in [-0.3, -0.25) is 19.3 Å². The summed E-state index contributed by atoms with van der Waals surface area (Å²) in [7, 11) is 0. The molecule has 1 aliphatic rings. The molecule has 0 unspecified atom stereocenters. The van der Waals surface area contributed by atoms with Gasteiger partial charge in [0.25, 0.3) is 5.91 Å². The van der Waals surface area contributed by atoms with E-state index in [0.717, 1.165) is 4.90 Å². The van der Waals surface area contributed by atoms with Crippen molar-refractivity contribution in [2.75, 3.05) is 13.2 Å². The number of amides is 3. The molecule has 7 nitrogen and oxygen atoms in total. The van der Waals surface area contributed by atoms with Crippen molar-refractivity contribution >= 4 is 46.9 Å². The maximum atomic E-state index is 12.4. The number of nitrogens with one attached hydrogen (secondary N) is 1. The summed E-state index contributed by atoms with van der Waals surface area (Å²) in [6.45, 7) is 2.43. The van der Waals surface area contributed by atoms with E-state index in [9.17, 15) is 19.2 Å². The Morgan fingerprint density at radius 3 is 2.38 bits per heavy atom. The summed E-state index contributed by atoms with van der Waals surface area (Å²) in [4.78, 5) is 49.2. The van der Waals surface area contributed by atoms with Gasteiger partial charge < -0.3 is 10.1 Å². The Balaban J connectivity index is 1.96. The molecule has 1 aromatic carbocycles. The number of Topliss-reactive ketones (excluding diaryl/α,β-unsaturated/α-hetero) is 1. The van der Waals surface area contributed by atoms with Crippen molar-refractivity contribution in [3.8, 4) is 0 Å². The van der Waals surface area contributed by atoms with Crippen LogP contribution in [0.1, 0.15) is 37.0 Å². The van der Waals surface area contributed by atoms with Gasteiger partial charge >= 0.3 is 12.0 Å². The number of nitrogens with zero attached hydrogens (tertiary/aromatic N) is 1. The topological polar surface area (TPSA) is 92.8 Å². The third-order valence-corrected chi connectivity index (χ3v) is 4.88. The fourth-order valence-corrected chi connectivity index (χ4v) is 3.18. The minimum atomic E-state index is -0.996. The molecule has 0 aliphatic carbocycles. The standard InChI is InChI=1S/C17H18Cl2N2O5/c1-3-17(4-2)15(24)21(16(25)20-17)8-14(23)26-9-13(22)11-6-5-10(18)7-12(11)19/h5-7H,3-4,8-9H2,1-2H3,(H,20,25). The summed E-state index contributed by atoms with van der Waals surface area (Å²) in [5, 5.41) is 3.12. The number of ketones is 1. The summed E-state index contributed by atoms with van der Waals surface area (Å²) >= 11 is 11.7. The molecule has 1 fully saturated rings.